The van der Waals surface area contributed by atoms with Crippen LogP contribution in [0, 0.1) is 17.0 Å². The predicted molar refractivity (Wildman–Crippen MR) is 128 cm³/mol. The van der Waals surface area contributed by atoms with Gasteiger partial charge in [-0.25, -0.2) is 13.4 Å². The first kappa shape index (κ1) is 25.7. The summed E-state index contributed by atoms with van der Waals surface area (Å²) in [5, 5.41) is 11.7. The van der Waals surface area contributed by atoms with Crippen LogP contribution in [0.15, 0.2) is 41.3 Å². The Balaban J connectivity index is 0.00000363. The second kappa shape index (κ2) is 9.90. The zero-order chi connectivity index (χ0) is 22.9. The van der Waals surface area contributed by atoms with Crippen molar-refractivity contribution in [1.29, 1.82) is 0 Å². The van der Waals surface area contributed by atoms with Crippen LogP contribution in [0.4, 0.5) is 10.8 Å². The van der Waals surface area contributed by atoms with E-state index in [0.29, 0.717) is 28.4 Å². The minimum atomic E-state index is -3.38. The van der Waals surface area contributed by atoms with Crippen LogP contribution in [0.5, 0.6) is 0 Å². The summed E-state index contributed by atoms with van der Waals surface area (Å²) in [5.41, 5.74) is 0.961. The number of amides is 1. The van der Waals surface area contributed by atoms with Gasteiger partial charge in [-0.1, -0.05) is 17.4 Å². The van der Waals surface area contributed by atoms with Crippen molar-refractivity contribution in [3.05, 3.63) is 57.6 Å². The molecule has 0 radical (unpaired) electrons. The average Bonchev–Trinajstić information content (AvgIpc) is 3.09. The van der Waals surface area contributed by atoms with Gasteiger partial charge in [-0.15, -0.1) is 12.4 Å². The fourth-order valence-electron chi connectivity index (χ4n) is 3.02. The number of fused-ring (bicyclic) bond motifs is 1. The molecule has 0 N–H and O–H groups in total. The Bertz CT molecular complexity index is 1270. The van der Waals surface area contributed by atoms with E-state index < -0.39 is 20.7 Å². The molecule has 12 heteroatoms. The molecule has 1 heterocycles. The van der Waals surface area contributed by atoms with Crippen LogP contribution in [0.2, 0.25) is 0 Å². The SMILES string of the molecule is Cc1c(C(=O)N(CCN(C)C)c2nc3ccc(S(C)(=O)=O)cc3s2)cccc1[N+](=O)[O-].Cl. The molecule has 3 rings (SSSR count). The van der Waals surface area contributed by atoms with E-state index in [9.17, 15) is 23.3 Å². The highest BCUT2D eigenvalue weighted by Crippen LogP contribution is 2.32. The van der Waals surface area contributed by atoms with Crippen LogP contribution in [-0.2, 0) is 9.84 Å². The molecular formula is C20H23ClN4O5S2. The zero-order valence-corrected chi connectivity index (χ0v) is 20.4. The van der Waals surface area contributed by atoms with Crippen molar-refractivity contribution in [3.8, 4) is 0 Å². The summed E-state index contributed by atoms with van der Waals surface area (Å²) in [6, 6.07) is 9.04. The first-order valence-electron chi connectivity index (χ1n) is 9.30. The number of carbonyl (C=O) groups is 1. The number of sulfone groups is 1. The Kier molecular flexibility index (Phi) is 7.94. The van der Waals surface area contributed by atoms with Crippen LogP contribution >= 0.6 is 23.7 Å². The fraction of sp³-hybridized carbons (Fsp3) is 0.300. The number of thiazole rings is 1. The number of hydrogen-bond acceptors (Lipinski definition) is 8. The summed E-state index contributed by atoms with van der Waals surface area (Å²) in [6.07, 6.45) is 1.13. The second-order valence-electron chi connectivity index (χ2n) is 7.37. The fourth-order valence-corrected chi connectivity index (χ4v) is 4.77. The van der Waals surface area contributed by atoms with Gasteiger partial charge in [-0.2, -0.15) is 0 Å². The number of carbonyl (C=O) groups excluding carboxylic acids is 1. The lowest BCUT2D eigenvalue weighted by Gasteiger charge is -2.22. The van der Waals surface area contributed by atoms with E-state index in [2.05, 4.69) is 4.98 Å². The van der Waals surface area contributed by atoms with E-state index in [-0.39, 0.29) is 34.1 Å². The Morgan fingerprint density at radius 2 is 1.88 bits per heavy atom. The van der Waals surface area contributed by atoms with Crippen molar-refractivity contribution >= 4 is 60.5 Å². The predicted octanol–water partition coefficient (Wildman–Crippen LogP) is 3.55. The molecule has 0 unspecified atom stereocenters. The molecule has 3 aromatic rings. The summed E-state index contributed by atoms with van der Waals surface area (Å²) in [5.74, 6) is -0.398. The van der Waals surface area contributed by atoms with Gasteiger partial charge in [0.1, 0.15) is 0 Å². The minimum absolute atomic E-state index is 0. The Hall–Kier alpha value is -2.60. The normalized spacial score (nSPS) is 11.4. The van der Waals surface area contributed by atoms with Crippen molar-refractivity contribution in [2.45, 2.75) is 11.8 Å². The smallest absolute Gasteiger partial charge is 0.273 e. The van der Waals surface area contributed by atoms with Crippen molar-refractivity contribution in [2.75, 3.05) is 38.3 Å². The zero-order valence-electron chi connectivity index (χ0n) is 17.9. The highest BCUT2D eigenvalue weighted by Gasteiger charge is 2.26. The van der Waals surface area contributed by atoms with Gasteiger partial charge in [-0.05, 0) is 45.3 Å². The monoisotopic (exact) mass is 498 g/mol. The largest absolute Gasteiger partial charge is 0.308 e. The number of rotatable bonds is 7. The number of aromatic nitrogens is 1. The van der Waals surface area contributed by atoms with Crippen LogP contribution in [0.25, 0.3) is 10.2 Å². The molecule has 172 valence electrons. The van der Waals surface area contributed by atoms with Gasteiger partial charge in [0.2, 0.25) is 0 Å². The standard InChI is InChI=1S/C20H22N4O5S2.ClH/c1-13-15(6-5-7-17(13)24(26)27)19(25)23(11-10-22(2)3)20-21-16-9-8-14(31(4,28)29)12-18(16)30-20;/h5-9,12H,10-11H2,1-4H3;1H. The van der Waals surface area contributed by atoms with Crippen LogP contribution in [0.1, 0.15) is 15.9 Å². The third-order valence-corrected chi connectivity index (χ3v) is 6.91. The Morgan fingerprint density at radius 1 is 1.19 bits per heavy atom. The van der Waals surface area contributed by atoms with E-state index in [4.69, 9.17) is 0 Å². The van der Waals surface area contributed by atoms with Gasteiger partial charge in [0, 0.05) is 36.5 Å². The Labute approximate surface area is 196 Å². The molecule has 0 spiro atoms. The van der Waals surface area contributed by atoms with Crippen molar-refractivity contribution < 1.29 is 18.1 Å². The molecule has 0 atom stereocenters. The summed E-state index contributed by atoms with van der Waals surface area (Å²) >= 11 is 1.20. The minimum Gasteiger partial charge on any atom is -0.308 e. The quantitative estimate of drug-likeness (QED) is 0.361. The second-order valence-corrected chi connectivity index (χ2v) is 10.4. The van der Waals surface area contributed by atoms with Crippen molar-refractivity contribution in [2.24, 2.45) is 0 Å². The average molecular weight is 499 g/mol. The molecule has 0 fully saturated rings. The van der Waals surface area contributed by atoms with Gasteiger partial charge in [-0.3, -0.25) is 19.8 Å². The van der Waals surface area contributed by atoms with Crippen LogP contribution in [-0.4, -0.2) is 62.6 Å². The maximum Gasteiger partial charge on any atom is 0.273 e. The number of nitrogens with zero attached hydrogens (tertiary/aromatic N) is 4. The first-order chi connectivity index (χ1) is 14.5. The molecule has 0 aliphatic heterocycles. The molecular weight excluding hydrogens is 476 g/mol. The maximum absolute atomic E-state index is 13.4. The molecule has 9 nitrogen and oxygen atoms in total. The maximum atomic E-state index is 13.4. The number of likely N-dealkylation sites (N-methyl/N-ethyl adjacent to an activating group) is 1. The number of nitro groups is 1. The third-order valence-electron chi connectivity index (χ3n) is 4.76. The summed E-state index contributed by atoms with van der Waals surface area (Å²) in [4.78, 5) is 32.3. The molecule has 0 bridgehead atoms. The number of benzene rings is 2. The third kappa shape index (κ3) is 5.41. The molecule has 2 aromatic carbocycles. The Morgan fingerprint density at radius 3 is 2.47 bits per heavy atom. The van der Waals surface area contributed by atoms with E-state index in [1.54, 1.807) is 25.1 Å². The van der Waals surface area contributed by atoms with E-state index in [1.165, 1.54) is 34.4 Å². The summed E-state index contributed by atoms with van der Waals surface area (Å²) in [6.45, 7) is 2.41. The molecule has 1 aromatic heterocycles. The van der Waals surface area contributed by atoms with Gasteiger partial charge in [0.15, 0.2) is 15.0 Å². The van der Waals surface area contributed by atoms with E-state index >= 15 is 0 Å². The van der Waals surface area contributed by atoms with E-state index in [1.807, 2.05) is 19.0 Å². The summed E-state index contributed by atoms with van der Waals surface area (Å²) in [7, 11) is 0.369. The van der Waals surface area contributed by atoms with Gasteiger partial charge >= 0.3 is 0 Å². The van der Waals surface area contributed by atoms with Crippen molar-refractivity contribution in [1.82, 2.24) is 9.88 Å². The van der Waals surface area contributed by atoms with Crippen molar-refractivity contribution in [3.63, 3.8) is 0 Å². The van der Waals surface area contributed by atoms with Gasteiger partial charge in [0.05, 0.1) is 20.0 Å². The highest BCUT2D eigenvalue weighted by molar-refractivity contribution is 7.90. The first-order valence-corrected chi connectivity index (χ1v) is 12.0. The summed E-state index contributed by atoms with van der Waals surface area (Å²) < 4.78 is 24.4. The molecule has 0 saturated heterocycles. The van der Waals surface area contributed by atoms with Crippen LogP contribution < -0.4 is 4.90 Å². The molecule has 32 heavy (non-hydrogen) atoms. The number of anilines is 1. The molecule has 0 saturated carbocycles. The molecule has 0 aliphatic carbocycles. The number of nitro benzene ring substituents is 1. The molecule has 0 aliphatic rings. The van der Waals surface area contributed by atoms with E-state index in [0.717, 1.165) is 6.26 Å². The molecule has 1 amide bonds. The van der Waals surface area contributed by atoms with Crippen LogP contribution in [0.3, 0.4) is 0 Å². The van der Waals surface area contributed by atoms with Gasteiger partial charge < -0.3 is 4.90 Å². The number of halogens is 1. The lowest BCUT2D eigenvalue weighted by atomic mass is 10.1. The highest BCUT2D eigenvalue weighted by atomic mass is 35.5. The topological polar surface area (TPSA) is 114 Å². The van der Waals surface area contributed by atoms with Gasteiger partial charge in [0.25, 0.3) is 11.6 Å². The lowest BCUT2D eigenvalue weighted by molar-refractivity contribution is -0.385. The lowest BCUT2D eigenvalue weighted by Crippen LogP contribution is -2.37. The number of hydrogen-bond donors (Lipinski definition) is 0.